The molecule has 0 spiro atoms. The molecule has 4 heteroatoms. The van der Waals surface area contributed by atoms with E-state index >= 15 is 0 Å². The lowest BCUT2D eigenvalue weighted by Crippen LogP contribution is -1.90. The molecule has 3 aromatic rings. The highest BCUT2D eigenvalue weighted by atomic mass is 16.5. The lowest BCUT2D eigenvalue weighted by Gasteiger charge is -2.01. The van der Waals surface area contributed by atoms with Gasteiger partial charge in [0.15, 0.2) is 5.82 Å². The monoisotopic (exact) mass is 266 g/mol. The Labute approximate surface area is 116 Å². The van der Waals surface area contributed by atoms with Crippen molar-refractivity contribution in [3.63, 3.8) is 0 Å². The van der Waals surface area contributed by atoms with Crippen LogP contribution >= 0.6 is 0 Å². The number of benzene rings is 2. The Morgan fingerprint density at radius 3 is 2.65 bits per heavy atom. The number of aromatic nitrogens is 2. The smallest absolute Gasteiger partial charge is 0.258 e. The number of hydrogen-bond acceptors (Lipinski definition) is 4. The van der Waals surface area contributed by atoms with Crippen molar-refractivity contribution < 1.29 is 9.63 Å². The molecule has 4 nitrogen and oxygen atoms in total. The molecule has 0 radical (unpaired) electrons. The van der Waals surface area contributed by atoms with Gasteiger partial charge in [-0.05, 0) is 24.6 Å². The molecule has 3 rings (SSSR count). The molecule has 0 atom stereocenters. The van der Waals surface area contributed by atoms with Crippen LogP contribution in [0.25, 0.3) is 11.5 Å². The third-order valence-corrected chi connectivity index (χ3v) is 3.21. The SMILES string of the molecule is Cc1c(O)cccc1-c1nc(Cc2ccccc2)no1. The van der Waals surface area contributed by atoms with Crippen LogP contribution in [0.5, 0.6) is 5.75 Å². The summed E-state index contributed by atoms with van der Waals surface area (Å²) in [7, 11) is 0. The molecular formula is C16H14N2O2. The number of phenolic OH excluding ortho intramolecular Hbond substituents is 1. The summed E-state index contributed by atoms with van der Waals surface area (Å²) < 4.78 is 5.29. The standard InChI is InChI=1S/C16H14N2O2/c1-11-13(8-5-9-14(11)19)16-17-15(18-20-16)10-12-6-3-2-4-7-12/h2-9,19H,10H2,1H3. The Kier molecular flexibility index (Phi) is 3.21. The summed E-state index contributed by atoms with van der Waals surface area (Å²) in [6.07, 6.45) is 0.627. The van der Waals surface area contributed by atoms with Gasteiger partial charge in [0.25, 0.3) is 5.89 Å². The van der Waals surface area contributed by atoms with E-state index in [1.54, 1.807) is 12.1 Å². The van der Waals surface area contributed by atoms with Crippen molar-refractivity contribution in [2.24, 2.45) is 0 Å². The van der Waals surface area contributed by atoms with Crippen LogP contribution in [0.3, 0.4) is 0 Å². The van der Waals surface area contributed by atoms with Crippen molar-refractivity contribution in [2.75, 3.05) is 0 Å². The Bertz CT molecular complexity index is 720. The zero-order chi connectivity index (χ0) is 13.9. The first kappa shape index (κ1) is 12.4. The quantitative estimate of drug-likeness (QED) is 0.789. The molecular weight excluding hydrogens is 252 g/mol. The highest BCUT2D eigenvalue weighted by molar-refractivity contribution is 5.61. The maximum atomic E-state index is 9.71. The molecule has 0 saturated carbocycles. The molecule has 0 bridgehead atoms. The minimum absolute atomic E-state index is 0.227. The van der Waals surface area contributed by atoms with Crippen LogP contribution < -0.4 is 0 Å². The van der Waals surface area contributed by atoms with E-state index in [0.29, 0.717) is 18.1 Å². The van der Waals surface area contributed by atoms with Crippen molar-refractivity contribution in [1.82, 2.24) is 10.1 Å². The van der Waals surface area contributed by atoms with Crippen LogP contribution in [0.2, 0.25) is 0 Å². The second-order valence-electron chi connectivity index (χ2n) is 4.63. The third-order valence-electron chi connectivity index (χ3n) is 3.21. The van der Waals surface area contributed by atoms with Crippen LogP contribution in [-0.4, -0.2) is 15.2 Å². The molecule has 20 heavy (non-hydrogen) atoms. The van der Waals surface area contributed by atoms with Crippen LogP contribution in [0.4, 0.5) is 0 Å². The van der Waals surface area contributed by atoms with E-state index in [1.807, 2.05) is 43.3 Å². The van der Waals surface area contributed by atoms with E-state index < -0.39 is 0 Å². The van der Waals surface area contributed by atoms with Crippen molar-refractivity contribution >= 4 is 0 Å². The lowest BCUT2D eigenvalue weighted by atomic mass is 10.1. The van der Waals surface area contributed by atoms with Gasteiger partial charge in [0, 0.05) is 17.5 Å². The van der Waals surface area contributed by atoms with Crippen LogP contribution in [0, 0.1) is 6.92 Å². The Hall–Kier alpha value is -2.62. The van der Waals surface area contributed by atoms with Crippen molar-refractivity contribution in [3.8, 4) is 17.2 Å². The highest BCUT2D eigenvalue weighted by Gasteiger charge is 2.13. The molecule has 0 saturated heterocycles. The van der Waals surface area contributed by atoms with E-state index in [2.05, 4.69) is 10.1 Å². The largest absolute Gasteiger partial charge is 0.508 e. The number of phenols is 1. The minimum Gasteiger partial charge on any atom is -0.508 e. The van der Waals surface area contributed by atoms with Crippen LogP contribution in [0.15, 0.2) is 53.1 Å². The second kappa shape index (κ2) is 5.17. The molecule has 0 amide bonds. The van der Waals surface area contributed by atoms with Crippen molar-refractivity contribution in [3.05, 3.63) is 65.5 Å². The fourth-order valence-electron chi connectivity index (χ4n) is 2.07. The maximum Gasteiger partial charge on any atom is 0.258 e. The fraction of sp³-hybridized carbons (Fsp3) is 0.125. The first-order valence-corrected chi connectivity index (χ1v) is 6.39. The number of hydrogen-bond donors (Lipinski definition) is 1. The zero-order valence-corrected chi connectivity index (χ0v) is 11.1. The fourth-order valence-corrected chi connectivity index (χ4v) is 2.07. The van der Waals surface area contributed by atoms with Gasteiger partial charge < -0.3 is 9.63 Å². The summed E-state index contributed by atoms with van der Waals surface area (Å²) >= 11 is 0. The molecule has 0 unspecified atom stereocenters. The molecule has 100 valence electrons. The van der Waals surface area contributed by atoms with Gasteiger partial charge in [0.05, 0.1) is 0 Å². The zero-order valence-electron chi connectivity index (χ0n) is 11.1. The van der Waals surface area contributed by atoms with Gasteiger partial charge >= 0.3 is 0 Å². The van der Waals surface area contributed by atoms with E-state index in [0.717, 1.165) is 16.7 Å². The predicted molar refractivity (Wildman–Crippen MR) is 75.4 cm³/mol. The van der Waals surface area contributed by atoms with E-state index in [1.165, 1.54) is 0 Å². The van der Waals surface area contributed by atoms with Crippen molar-refractivity contribution in [1.29, 1.82) is 0 Å². The average Bonchev–Trinajstić information content (AvgIpc) is 2.91. The molecule has 0 aliphatic rings. The molecule has 0 aliphatic carbocycles. The summed E-state index contributed by atoms with van der Waals surface area (Å²) in [5.74, 6) is 1.29. The van der Waals surface area contributed by atoms with Gasteiger partial charge in [-0.2, -0.15) is 4.98 Å². The van der Waals surface area contributed by atoms with Gasteiger partial charge in [-0.3, -0.25) is 0 Å². The van der Waals surface area contributed by atoms with Gasteiger partial charge in [0.2, 0.25) is 0 Å². The topological polar surface area (TPSA) is 59.2 Å². The summed E-state index contributed by atoms with van der Waals surface area (Å²) in [5.41, 5.74) is 2.63. The predicted octanol–water partition coefficient (Wildman–Crippen LogP) is 3.34. The first-order valence-electron chi connectivity index (χ1n) is 6.39. The Balaban J connectivity index is 1.89. The normalized spacial score (nSPS) is 10.7. The number of nitrogens with zero attached hydrogens (tertiary/aromatic N) is 2. The van der Waals surface area contributed by atoms with E-state index in [9.17, 15) is 5.11 Å². The van der Waals surface area contributed by atoms with Crippen LogP contribution in [0.1, 0.15) is 17.0 Å². The Morgan fingerprint density at radius 1 is 1.05 bits per heavy atom. The van der Waals surface area contributed by atoms with Gasteiger partial charge in [-0.15, -0.1) is 0 Å². The maximum absolute atomic E-state index is 9.71. The summed E-state index contributed by atoms with van der Waals surface area (Å²) in [4.78, 5) is 4.39. The summed E-state index contributed by atoms with van der Waals surface area (Å²) in [6.45, 7) is 1.83. The van der Waals surface area contributed by atoms with E-state index in [-0.39, 0.29) is 5.75 Å². The minimum atomic E-state index is 0.227. The molecule has 1 aromatic heterocycles. The first-order chi connectivity index (χ1) is 9.74. The van der Waals surface area contributed by atoms with E-state index in [4.69, 9.17) is 4.52 Å². The summed E-state index contributed by atoms with van der Waals surface area (Å²) in [6, 6.07) is 15.2. The molecule has 0 aliphatic heterocycles. The molecule has 1 heterocycles. The van der Waals surface area contributed by atoms with Gasteiger partial charge in [-0.1, -0.05) is 41.6 Å². The second-order valence-corrected chi connectivity index (χ2v) is 4.63. The lowest BCUT2D eigenvalue weighted by molar-refractivity contribution is 0.422. The third kappa shape index (κ3) is 2.40. The van der Waals surface area contributed by atoms with Crippen LogP contribution in [-0.2, 0) is 6.42 Å². The summed E-state index contributed by atoms with van der Waals surface area (Å²) in [5, 5.41) is 13.7. The molecule has 0 fully saturated rings. The highest BCUT2D eigenvalue weighted by Crippen LogP contribution is 2.27. The molecule has 2 aromatic carbocycles. The van der Waals surface area contributed by atoms with Gasteiger partial charge in [-0.25, -0.2) is 0 Å². The number of aromatic hydroxyl groups is 1. The Morgan fingerprint density at radius 2 is 1.85 bits per heavy atom. The van der Waals surface area contributed by atoms with Gasteiger partial charge in [0.1, 0.15) is 5.75 Å². The average molecular weight is 266 g/mol. The number of rotatable bonds is 3. The molecule has 1 N–H and O–H groups in total. The van der Waals surface area contributed by atoms with Crippen molar-refractivity contribution in [2.45, 2.75) is 13.3 Å².